The number of nitro benzene ring substituents is 1. The average molecular weight is 395 g/mol. The first kappa shape index (κ1) is 21.1. The van der Waals surface area contributed by atoms with E-state index in [4.69, 9.17) is 5.11 Å². The Morgan fingerprint density at radius 1 is 1.00 bits per heavy atom. The molecule has 148 valence electrons. The number of hydrogen-bond acceptors (Lipinski definition) is 6. The number of benzene rings is 2. The molecule has 0 aliphatic heterocycles. The van der Waals surface area contributed by atoms with E-state index in [0.717, 1.165) is 18.2 Å². The minimum Gasteiger partial charge on any atom is -0.508 e. The molecule has 0 aliphatic rings. The Balaban J connectivity index is 2.11. The standard InChI is InChI=1S/C21H17NO7/c1-13-2-3-14(10-18(13)21(26)27)4-7-16(23)12-17(24)8-5-15-6-9-20(25)19(11-15)22(28)29/h2-12,24-25H,1H3,(H,26,27)/b7-4+,8-5+,17-12?. The lowest BCUT2D eigenvalue weighted by Crippen LogP contribution is -1.99. The first-order chi connectivity index (χ1) is 13.7. The van der Waals surface area contributed by atoms with Gasteiger partial charge in [-0.3, -0.25) is 14.9 Å². The van der Waals surface area contributed by atoms with Crippen molar-refractivity contribution in [2.45, 2.75) is 6.92 Å². The van der Waals surface area contributed by atoms with Crippen molar-refractivity contribution in [1.82, 2.24) is 0 Å². The molecule has 0 amide bonds. The summed E-state index contributed by atoms with van der Waals surface area (Å²) in [6.45, 7) is 1.66. The minimum absolute atomic E-state index is 0.129. The highest BCUT2D eigenvalue weighted by atomic mass is 16.6. The van der Waals surface area contributed by atoms with Gasteiger partial charge >= 0.3 is 11.7 Å². The van der Waals surface area contributed by atoms with Crippen molar-refractivity contribution in [1.29, 1.82) is 0 Å². The summed E-state index contributed by atoms with van der Waals surface area (Å²) in [5.41, 5.74) is 1.11. The molecule has 0 unspecified atom stereocenters. The number of carboxylic acids is 1. The van der Waals surface area contributed by atoms with Crippen LogP contribution in [0.5, 0.6) is 5.75 Å². The molecule has 0 aliphatic carbocycles. The minimum atomic E-state index is -1.07. The number of aliphatic hydroxyl groups excluding tert-OH is 1. The van der Waals surface area contributed by atoms with E-state index < -0.39 is 28.1 Å². The van der Waals surface area contributed by atoms with Crippen LogP contribution in [0.3, 0.4) is 0 Å². The van der Waals surface area contributed by atoms with Crippen molar-refractivity contribution in [3.63, 3.8) is 0 Å². The zero-order valence-corrected chi connectivity index (χ0v) is 15.3. The second-order valence-corrected chi connectivity index (χ2v) is 6.02. The third-order valence-corrected chi connectivity index (χ3v) is 3.86. The fourth-order valence-corrected chi connectivity index (χ4v) is 2.37. The summed E-state index contributed by atoms with van der Waals surface area (Å²) >= 11 is 0. The van der Waals surface area contributed by atoms with Gasteiger partial charge in [0.15, 0.2) is 11.5 Å². The molecule has 2 aromatic rings. The van der Waals surface area contributed by atoms with E-state index >= 15 is 0 Å². The van der Waals surface area contributed by atoms with Gasteiger partial charge in [-0.25, -0.2) is 4.79 Å². The van der Waals surface area contributed by atoms with Gasteiger partial charge in [0.25, 0.3) is 0 Å². The zero-order valence-electron chi connectivity index (χ0n) is 15.3. The molecule has 0 radical (unpaired) electrons. The molecular formula is C21H17NO7. The summed E-state index contributed by atoms with van der Waals surface area (Å²) in [7, 11) is 0. The summed E-state index contributed by atoms with van der Waals surface area (Å²) in [6, 6.07) is 8.40. The summed E-state index contributed by atoms with van der Waals surface area (Å²) in [5, 5.41) is 39.1. The number of carbonyl (C=O) groups is 2. The molecule has 0 fully saturated rings. The molecule has 8 heteroatoms. The van der Waals surface area contributed by atoms with Crippen LogP contribution in [0.2, 0.25) is 0 Å². The summed E-state index contributed by atoms with van der Waals surface area (Å²) in [6.07, 6.45) is 6.05. The van der Waals surface area contributed by atoms with Crippen LogP contribution < -0.4 is 0 Å². The van der Waals surface area contributed by atoms with Crippen LogP contribution in [0, 0.1) is 17.0 Å². The molecule has 0 bridgehead atoms. The van der Waals surface area contributed by atoms with Crippen molar-refractivity contribution < 1.29 is 29.8 Å². The van der Waals surface area contributed by atoms with Gasteiger partial charge in [0.05, 0.1) is 10.5 Å². The van der Waals surface area contributed by atoms with E-state index in [1.165, 1.54) is 36.4 Å². The van der Waals surface area contributed by atoms with Gasteiger partial charge in [-0.2, -0.15) is 0 Å². The normalized spacial score (nSPS) is 11.8. The van der Waals surface area contributed by atoms with Gasteiger partial charge in [-0.1, -0.05) is 30.4 Å². The lowest BCUT2D eigenvalue weighted by Gasteiger charge is -2.01. The smallest absolute Gasteiger partial charge is 0.335 e. The molecule has 0 saturated heterocycles. The number of carboxylic acid groups (broad SMARTS) is 1. The van der Waals surface area contributed by atoms with E-state index in [9.17, 15) is 29.9 Å². The maximum atomic E-state index is 11.9. The van der Waals surface area contributed by atoms with Gasteiger partial charge in [0.1, 0.15) is 5.76 Å². The highest BCUT2D eigenvalue weighted by molar-refractivity contribution is 6.02. The van der Waals surface area contributed by atoms with Crippen LogP contribution in [-0.2, 0) is 4.79 Å². The van der Waals surface area contributed by atoms with Crippen LogP contribution >= 0.6 is 0 Å². The highest BCUT2D eigenvalue weighted by Gasteiger charge is 2.12. The fraction of sp³-hybridized carbons (Fsp3) is 0.0476. The number of phenols is 1. The molecular weight excluding hydrogens is 378 g/mol. The Morgan fingerprint density at radius 2 is 1.62 bits per heavy atom. The molecule has 0 atom stereocenters. The first-order valence-electron chi connectivity index (χ1n) is 8.29. The van der Waals surface area contributed by atoms with Crippen molar-refractivity contribution >= 4 is 29.6 Å². The second-order valence-electron chi connectivity index (χ2n) is 6.02. The van der Waals surface area contributed by atoms with Gasteiger partial charge in [0.2, 0.25) is 0 Å². The Labute approximate surface area is 165 Å². The number of hydrogen-bond donors (Lipinski definition) is 3. The monoisotopic (exact) mass is 395 g/mol. The van der Waals surface area contributed by atoms with E-state index in [1.807, 2.05) is 0 Å². The third kappa shape index (κ3) is 5.90. The molecule has 2 aromatic carbocycles. The van der Waals surface area contributed by atoms with E-state index in [1.54, 1.807) is 19.1 Å². The molecule has 2 rings (SSSR count). The summed E-state index contributed by atoms with van der Waals surface area (Å²) in [4.78, 5) is 33.1. The zero-order chi connectivity index (χ0) is 21.6. The predicted molar refractivity (Wildman–Crippen MR) is 107 cm³/mol. The largest absolute Gasteiger partial charge is 0.508 e. The van der Waals surface area contributed by atoms with Gasteiger partial charge in [0, 0.05) is 12.1 Å². The Bertz CT molecular complexity index is 1060. The number of aromatic carboxylic acids is 1. The Kier molecular flexibility index (Phi) is 6.65. The van der Waals surface area contributed by atoms with Crippen molar-refractivity contribution in [3.8, 4) is 5.75 Å². The Hall–Kier alpha value is -4.20. The van der Waals surface area contributed by atoms with E-state index in [0.29, 0.717) is 16.7 Å². The van der Waals surface area contributed by atoms with Crippen LogP contribution in [0.15, 0.2) is 60.4 Å². The number of allylic oxidation sites excluding steroid dienone is 3. The molecule has 29 heavy (non-hydrogen) atoms. The average Bonchev–Trinajstić information content (AvgIpc) is 2.66. The molecule has 0 saturated carbocycles. The fourth-order valence-electron chi connectivity index (χ4n) is 2.37. The number of nitrogens with zero attached hydrogens (tertiary/aromatic N) is 1. The number of carbonyl (C=O) groups excluding carboxylic acids is 1. The first-order valence-corrected chi connectivity index (χ1v) is 8.29. The molecule has 0 spiro atoms. The summed E-state index contributed by atoms with van der Waals surface area (Å²) < 4.78 is 0. The number of aryl methyl sites for hydroxylation is 1. The molecule has 3 N–H and O–H groups in total. The van der Waals surface area contributed by atoms with Crippen LogP contribution in [0.4, 0.5) is 5.69 Å². The number of aromatic hydroxyl groups is 1. The SMILES string of the molecule is Cc1ccc(/C=C/C(=O)C=C(O)/C=C/c2ccc(O)c([N+](=O)[O-])c2)cc1C(=O)O. The number of aliphatic hydroxyl groups is 1. The summed E-state index contributed by atoms with van der Waals surface area (Å²) in [5.74, 6) is -2.47. The quantitative estimate of drug-likeness (QED) is 0.211. The van der Waals surface area contributed by atoms with Crippen LogP contribution in [0.1, 0.15) is 27.0 Å². The van der Waals surface area contributed by atoms with E-state index in [2.05, 4.69) is 0 Å². The maximum Gasteiger partial charge on any atom is 0.335 e. The van der Waals surface area contributed by atoms with Crippen molar-refractivity contribution in [3.05, 3.63) is 92.8 Å². The van der Waals surface area contributed by atoms with Crippen LogP contribution in [0.25, 0.3) is 12.2 Å². The lowest BCUT2D eigenvalue weighted by molar-refractivity contribution is -0.385. The van der Waals surface area contributed by atoms with Gasteiger partial charge in [-0.15, -0.1) is 0 Å². The molecule has 8 nitrogen and oxygen atoms in total. The third-order valence-electron chi connectivity index (χ3n) is 3.86. The topological polar surface area (TPSA) is 138 Å². The second kappa shape index (κ2) is 9.14. The number of rotatable bonds is 7. The van der Waals surface area contributed by atoms with E-state index in [-0.39, 0.29) is 11.3 Å². The maximum absolute atomic E-state index is 11.9. The van der Waals surface area contributed by atoms with Crippen molar-refractivity contribution in [2.24, 2.45) is 0 Å². The number of phenolic OH excluding ortho intramolecular Hbond substituents is 1. The highest BCUT2D eigenvalue weighted by Crippen LogP contribution is 2.26. The molecule has 0 aromatic heterocycles. The predicted octanol–water partition coefficient (Wildman–Crippen LogP) is 4.04. The Morgan fingerprint density at radius 3 is 2.28 bits per heavy atom. The number of ketones is 1. The van der Waals surface area contributed by atoms with Crippen LogP contribution in [-0.4, -0.2) is 32.0 Å². The van der Waals surface area contributed by atoms with Gasteiger partial charge < -0.3 is 15.3 Å². The number of nitro groups is 1. The lowest BCUT2D eigenvalue weighted by atomic mass is 10.0. The van der Waals surface area contributed by atoms with Gasteiger partial charge in [-0.05, 0) is 47.9 Å². The molecule has 0 heterocycles. The van der Waals surface area contributed by atoms with Crippen molar-refractivity contribution in [2.75, 3.05) is 0 Å².